The molecule has 0 saturated carbocycles. The Kier molecular flexibility index (Phi) is 4.00. The van der Waals surface area contributed by atoms with E-state index in [1.54, 1.807) is 0 Å². The van der Waals surface area contributed by atoms with E-state index in [2.05, 4.69) is 0 Å². The van der Waals surface area contributed by atoms with Gasteiger partial charge in [-0.3, -0.25) is 0 Å². The SMILES string of the molecule is O=C(O)c1ccccc1OC1C=CC=CC1(Cl)C(F)(F)F. The van der Waals surface area contributed by atoms with Gasteiger partial charge in [0.1, 0.15) is 17.4 Å². The minimum absolute atomic E-state index is 0.177. The zero-order chi connectivity index (χ0) is 15.7. The number of hydrogen-bond acceptors (Lipinski definition) is 2. The second-order valence-corrected chi connectivity index (χ2v) is 4.98. The van der Waals surface area contributed by atoms with Gasteiger partial charge in [-0.1, -0.05) is 30.4 Å². The predicted octanol–water partition coefficient (Wildman–Crippen LogP) is 3.80. The zero-order valence-corrected chi connectivity index (χ0v) is 11.2. The fourth-order valence-electron chi connectivity index (χ4n) is 1.86. The van der Waals surface area contributed by atoms with Crippen LogP contribution in [0.4, 0.5) is 13.2 Å². The van der Waals surface area contributed by atoms with E-state index in [0.29, 0.717) is 0 Å². The van der Waals surface area contributed by atoms with Gasteiger partial charge in [0.25, 0.3) is 0 Å². The molecule has 0 aliphatic heterocycles. The number of para-hydroxylation sites is 1. The van der Waals surface area contributed by atoms with Crippen LogP contribution in [-0.2, 0) is 0 Å². The molecule has 1 aromatic carbocycles. The molecule has 0 fully saturated rings. The molecule has 1 N–H and O–H groups in total. The number of alkyl halides is 4. The number of allylic oxidation sites excluding steroid dienone is 2. The molecule has 2 unspecified atom stereocenters. The van der Waals surface area contributed by atoms with Crippen LogP contribution in [0.2, 0.25) is 0 Å². The molecule has 3 nitrogen and oxygen atoms in total. The maximum absolute atomic E-state index is 13.1. The highest BCUT2D eigenvalue weighted by molar-refractivity contribution is 6.26. The van der Waals surface area contributed by atoms with E-state index in [9.17, 15) is 18.0 Å². The summed E-state index contributed by atoms with van der Waals surface area (Å²) in [6.07, 6.45) is -1.87. The number of carboxylic acids is 1. The average molecular weight is 319 g/mol. The summed E-state index contributed by atoms with van der Waals surface area (Å²) >= 11 is 5.66. The Bertz CT molecular complexity index is 610. The third-order valence-corrected chi connectivity index (χ3v) is 3.51. The van der Waals surface area contributed by atoms with Crippen molar-refractivity contribution in [3.63, 3.8) is 0 Å². The smallest absolute Gasteiger partial charge is 0.415 e. The number of benzene rings is 1. The topological polar surface area (TPSA) is 46.5 Å². The lowest BCUT2D eigenvalue weighted by Crippen LogP contribution is -2.51. The monoisotopic (exact) mass is 318 g/mol. The molecule has 1 aliphatic rings. The molecule has 1 aromatic rings. The molecule has 0 radical (unpaired) electrons. The Morgan fingerprint density at radius 1 is 1.29 bits per heavy atom. The van der Waals surface area contributed by atoms with Crippen molar-refractivity contribution >= 4 is 17.6 Å². The molecule has 7 heteroatoms. The molecule has 112 valence electrons. The van der Waals surface area contributed by atoms with Crippen LogP contribution < -0.4 is 4.74 Å². The van der Waals surface area contributed by atoms with Gasteiger partial charge in [0.05, 0.1) is 0 Å². The summed E-state index contributed by atoms with van der Waals surface area (Å²) in [6.45, 7) is 0. The van der Waals surface area contributed by atoms with Gasteiger partial charge in [-0.25, -0.2) is 4.79 Å². The van der Waals surface area contributed by atoms with Crippen molar-refractivity contribution in [1.29, 1.82) is 0 Å². The Morgan fingerprint density at radius 3 is 2.57 bits per heavy atom. The number of rotatable bonds is 3. The van der Waals surface area contributed by atoms with Crippen LogP contribution in [0.1, 0.15) is 10.4 Å². The van der Waals surface area contributed by atoms with E-state index in [1.807, 2.05) is 0 Å². The lowest BCUT2D eigenvalue weighted by molar-refractivity contribution is -0.164. The molecule has 0 aromatic heterocycles. The second kappa shape index (κ2) is 5.44. The first kappa shape index (κ1) is 15.4. The highest BCUT2D eigenvalue weighted by atomic mass is 35.5. The summed E-state index contributed by atoms with van der Waals surface area (Å²) in [5.41, 5.74) is -0.235. The highest BCUT2D eigenvalue weighted by Crippen LogP contribution is 2.43. The van der Waals surface area contributed by atoms with Crippen molar-refractivity contribution in [3.05, 3.63) is 54.1 Å². The van der Waals surface area contributed by atoms with Crippen LogP contribution in [-0.4, -0.2) is 28.2 Å². The first-order chi connectivity index (χ1) is 9.75. The van der Waals surface area contributed by atoms with Gasteiger partial charge >= 0.3 is 12.1 Å². The number of hydrogen-bond donors (Lipinski definition) is 1. The van der Waals surface area contributed by atoms with E-state index in [0.717, 1.165) is 12.2 Å². The molecule has 2 rings (SSSR count). The van der Waals surface area contributed by atoms with Gasteiger partial charge in [0, 0.05) is 0 Å². The van der Waals surface area contributed by atoms with Crippen LogP contribution in [0.3, 0.4) is 0 Å². The molecule has 21 heavy (non-hydrogen) atoms. The molecule has 1 aliphatic carbocycles. The first-order valence-electron chi connectivity index (χ1n) is 5.86. The van der Waals surface area contributed by atoms with Crippen molar-refractivity contribution < 1.29 is 27.8 Å². The quantitative estimate of drug-likeness (QED) is 0.862. The minimum Gasteiger partial charge on any atom is -0.483 e. The standard InChI is InChI=1S/C14H10ClF3O3/c15-13(14(16,17)18)8-4-3-7-11(13)21-10-6-2-1-5-9(10)12(19)20/h1-8,11H,(H,19,20). The minimum atomic E-state index is -4.75. The summed E-state index contributed by atoms with van der Waals surface area (Å²) in [5.74, 6) is -1.47. The van der Waals surface area contributed by atoms with Crippen LogP contribution in [0.15, 0.2) is 48.6 Å². The molecule has 0 spiro atoms. The predicted molar refractivity (Wildman–Crippen MR) is 70.7 cm³/mol. The summed E-state index contributed by atoms with van der Waals surface area (Å²) in [7, 11) is 0. The average Bonchev–Trinajstić information content (AvgIpc) is 2.40. The number of carboxylic acid groups (broad SMARTS) is 1. The summed E-state index contributed by atoms with van der Waals surface area (Å²) < 4.78 is 44.6. The number of aromatic carboxylic acids is 1. The van der Waals surface area contributed by atoms with Gasteiger partial charge in [0.2, 0.25) is 0 Å². The fourth-order valence-corrected chi connectivity index (χ4v) is 2.05. The van der Waals surface area contributed by atoms with Crippen LogP contribution >= 0.6 is 11.6 Å². The molecular weight excluding hydrogens is 309 g/mol. The molecule has 0 amide bonds. The normalized spacial score (nSPS) is 24.9. The maximum Gasteiger partial charge on any atom is 0.415 e. The Labute approximate surface area is 123 Å². The van der Waals surface area contributed by atoms with Gasteiger partial charge in [-0.2, -0.15) is 13.2 Å². The highest BCUT2D eigenvalue weighted by Gasteiger charge is 2.58. The third kappa shape index (κ3) is 2.90. The molecule has 0 heterocycles. The van der Waals surface area contributed by atoms with E-state index in [1.165, 1.54) is 36.4 Å². The maximum atomic E-state index is 13.1. The summed E-state index contributed by atoms with van der Waals surface area (Å²) in [6, 6.07) is 5.44. The molecule has 2 atom stereocenters. The second-order valence-electron chi connectivity index (χ2n) is 4.35. The lowest BCUT2D eigenvalue weighted by Gasteiger charge is -2.34. The summed E-state index contributed by atoms with van der Waals surface area (Å²) in [4.78, 5) is 8.31. The van der Waals surface area contributed by atoms with Crippen molar-refractivity contribution in [2.75, 3.05) is 0 Å². The van der Waals surface area contributed by atoms with Crippen LogP contribution in [0, 0.1) is 0 Å². The zero-order valence-electron chi connectivity index (χ0n) is 10.5. The summed E-state index contributed by atoms with van der Waals surface area (Å²) in [5, 5.41) is 9.02. The van der Waals surface area contributed by atoms with Crippen molar-refractivity contribution in [1.82, 2.24) is 0 Å². The fraction of sp³-hybridized carbons (Fsp3) is 0.214. The number of halogens is 4. The van der Waals surface area contributed by atoms with Crippen molar-refractivity contribution in [2.24, 2.45) is 0 Å². The number of carbonyl (C=O) groups is 1. The van der Waals surface area contributed by atoms with Gasteiger partial charge in [-0.05, 0) is 18.2 Å². The lowest BCUT2D eigenvalue weighted by atomic mass is 9.95. The van der Waals surface area contributed by atoms with Crippen molar-refractivity contribution in [2.45, 2.75) is 17.2 Å². The Hall–Kier alpha value is -1.95. The third-order valence-electron chi connectivity index (χ3n) is 2.96. The largest absolute Gasteiger partial charge is 0.483 e. The Balaban J connectivity index is 2.37. The van der Waals surface area contributed by atoms with E-state index in [-0.39, 0.29) is 11.3 Å². The van der Waals surface area contributed by atoms with Gasteiger partial charge in [-0.15, -0.1) is 11.6 Å². The van der Waals surface area contributed by atoms with Crippen molar-refractivity contribution in [3.8, 4) is 5.75 Å². The molecule has 0 saturated heterocycles. The first-order valence-corrected chi connectivity index (χ1v) is 6.24. The van der Waals surface area contributed by atoms with Crippen LogP contribution in [0.25, 0.3) is 0 Å². The van der Waals surface area contributed by atoms with Gasteiger partial charge in [0.15, 0.2) is 4.87 Å². The van der Waals surface area contributed by atoms with E-state index >= 15 is 0 Å². The van der Waals surface area contributed by atoms with E-state index < -0.39 is 23.1 Å². The molecular formula is C14H10ClF3O3. The number of ether oxygens (including phenoxy) is 1. The van der Waals surface area contributed by atoms with Crippen LogP contribution in [0.5, 0.6) is 5.75 Å². The molecule has 0 bridgehead atoms. The Morgan fingerprint density at radius 2 is 1.95 bits per heavy atom. The van der Waals surface area contributed by atoms with Gasteiger partial charge < -0.3 is 9.84 Å². The van der Waals surface area contributed by atoms with E-state index in [4.69, 9.17) is 21.4 Å².